The summed E-state index contributed by atoms with van der Waals surface area (Å²) in [6, 6.07) is 6.45. The van der Waals surface area contributed by atoms with Crippen molar-refractivity contribution in [3.05, 3.63) is 47.9 Å². The van der Waals surface area contributed by atoms with Crippen LogP contribution < -0.4 is 11.5 Å². The van der Waals surface area contributed by atoms with Crippen molar-refractivity contribution in [2.45, 2.75) is 0 Å². The zero-order valence-electron chi connectivity index (χ0n) is 9.09. The molecule has 0 saturated carbocycles. The van der Waals surface area contributed by atoms with Crippen LogP contribution in [0.3, 0.4) is 0 Å². The Hall–Kier alpha value is -2.74. The second-order valence-electron chi connectivity index (χ2n) is 3.22. The van der Waals surface area contributed by atoms with Crippen molar-refractivity contribution in [3.63, 3.8) is 0 Å². The summed E-state index contributed by atoms with van der Waals surface area (Å²) in [5.41, 5.74) is 12.1. The minimum absolute atomic E-state index is 0.107. The second-order valence-corrected chi connectivity index (χ2v) is 3.22. The van der Waals surface area contributed by atoms with E-state index < -0.39 is 0 Å². The molecule has 0 amide bonds. The highest BCUT2D eigenvalue weighted by Crippen LogP contribution is 2.21. The third-order valence-electron chi connectivity index (χ3n) is 2.00. The lowest BCUT2D eigenvalue weighted by Crippen LogP contribution is -1.95. The van der Waals surface area contributed by atoms with Crippen LogP contribution in [0.4, 0.5) is 0 Å². The third-order valence-corrected chi connectivity index (χ3v) is 2.00. The Morgan fingerprint density at radius 1 is 1.53 bits per heavy atom. The number of nitrogens with two attached hydrogens (primary N) is 2. The lowest BCUT2D eigenvalue weighted by molar-refractivity contribution is 0.473. The number of hydrogen-bond donors (Lipinski definition) is 3. The molecule has 0 atom stereocenters. The summed E-state index contributed by atoms with van der Waals surface area (Å²) >= 11 is 0. The van der Waals surface area contributed by atoms with E-state index in [4.69, 9.17) is 16.7 Å². The van der Waals surface area contributed by atoms with Crippen LogP contribution in [0.1, 0.15) is 11.1 Å². The first kappa shape index (κ1) is 12.3. The summed E-state index contributed by atoms with van der Waals surface area (Å²) in [6.45, 7) is 3.42. The Morgan fingerprint density at radius 2 is 2.24 bits per heavy atom. The van der Waals surface area contributed by atoms with E-state index in [0.29, 0.717) is 11.1 Å². The Morgan fingerprint density at radius 3 is 2.71 bits per heavy atom. The van der Waals surface area contributed by atoms with Gasteiger partial charge in [-0.3, -0.25) is 0 Å². The van der Waals surface area contributed by atoms with Crippen molar-refractivity contribution in [2.75, 3.05) is 0 Å². The maximum atomic E-state index is 9.54. The van der Waals surface area contributed by atoms with Gasteiger partial charge in [-0.25, -0.2) is 4.99 Å². The highest BCUT2D eigenvalue weighted by molar-refractivity contribution is 6.10. The molecule has 0 aromatic heterocycles. The van der Waals surface area contributed by atoms with Crippen molar-refractivity contribution in [2.24, 2.45) is 16.5 Å². The predicted octanol–water partition coefficient (Wildman–Crippen LogP) is 1.06. The number of hydrogen-bond acceptors (Lipinski definition) is 5. The van der Waals surface area contributed by atoms with Gasteiger partial charge in [0.15, 0.2) is 0 Å². The standard InChI is InChI=1S/C12H12N4O/c1-8(15)16-7-11(6-14)9-2-3-10(5-13)12(17)4-9/h2-4,6-7,17H,1,14-15H2/b11-6+,16-7-. The fourth-order valence-corrected chi connectivity index (χ4v) is 1.17. The Labute approximate surface area is 99.0 Å². The third kappa shape index (κ3) is 3.11. The number of allylic oxidation sites excluding steroid dienone is 1. The lowest BCUT2D eigenvalue weighted by atomic mass is 10.1. The van der Waals surface area contributed by atoms with E-state index in [0.717, 1.165) is 0 Å². The number of phenolic OH excluding ortho intramolecular Hbond substituents is 1. The molecule has 0 heterocycles. The van der Waals surface area contributed by atoms with Crippen LogP contribution >= 0.6 is 0 Å². The summed E-state index contributed by atoms with van der Waals surface area (Å²) in [7, 11) is 0. The number of benzene rings is 1. The van der Waals surface area contributed by atoms with Crippen molar-refractivity contribution >= 4 is 11.8 Å². The van der Waals surface area contributed by atoms with Crippen molar-refractivity contribution < 1.29 is 5.11 Å². The topological polar surface area (TPSA) is 108 Å². The van der Waals surface area contributed by atoms with Gasteiger partial charge in [-0.15, -0.1) is 0 Å². The molecule has 0 fully saturated rings. The number of aromatic hydroxyl groups is 1. The van der Waals surface area contributed by atoms with Gasteiger partial charge in [0.2, 0.25) is 0 Å². The molecule has 86 valence electrons. The van der Waals surface area contributed by atoms with Crippen LogP contribution in [0.15, 0.2) is 41.8 Å². The van der Waals surface area contributed by atoms with Crippen LogP contribution in [0.5, 0.6) is 5.75 Å². The summed E-state index contributed by atoms with van der Waals surface area (Å²) in [6.07, 6.45) is 2.76. The van der Waals surface area contributed by atoms with Crippen LogP contribution in [0.2, 0.25) is 0 Å². The van der Waals surface area contributed by atoms with Crippen molar-refractivity contribution in [1.29, 1.82) is 5.26 Å². The molecule has 5 N–H and O–H groups in total. The van der Waals surface area contributed by atoms with E-state index in [-0.39, 0.29) is 17.1 Å². The molecular weight excluding hydrogens is 216 g/mol. The van der Waals surface area contributed by atoms with E-state index in [1.807, 2.05) is 6.07 Å². The van der Waals surface area contributed by atoms with Gasteiger partial charge in [0, 0.05) is 18.0 Å². The molecule has 5 nitrogen and oxygen atoms in total. The molecule has 1 aromatic rings. The number of phenols is 1. The van der Waals surface area contributed by atoms with Crippen molar-refractivity contribution in [3.8, 4) is 11.8 Å². The fourth-order valence-electron chi connectivity index (χ4n) is 1.17. The zero-order valence-corrected chi connectivity index (χ0v) is 9.09. The molecule has 5 heteroatoms. The van der Waals surface area contributed by atoms with E-state index in [2.05, 4.69) is 11.6 Å². The van der Waals surface area contributed by atoms with Gasteiger partial charge in [-0.1, -0.05) is 12.6 Å². The van der Waals surface area contributed by atoms with Gasteiger partial charge in [0.05, 0.1) is 5.56 Å². The molecule has 17 heavy (non-hydrogen) atoms. The molecular formula is C12H12N4O. The van der Waals surface area contributed by atoms with E-state index >= 15 is 0 Å². The number of rotatable bonds is 3. The molecule has 0 bridgehead atoms. The second kappa shape index (κ2) is 5.37. The highest BCUT2D eigenvalue weighted by Gasteiger charge is 2.04. The van der Waals surface area contributed by atoms with Gasteiger partial charge in [-0.2, -0.15) is 5.26 Å². The summed E-state index contributed by atoms with van der Waals surface area (Å²) in [5, 5.41) is 18.2. The van der Waals surface area contributed by atoms with E-state index in [9.17, 15) is 5.11 Å². The first-order chi connectivity index (χ1) is 8.08. The van der Waals surface area contributed by atoms with E-state index in [1.54, 1.807) is 6.07 Å². The Balaban J connectivity index is 3.11. The number of nitrogens with zero attached hydrogens (tertiary/aromatic N) is 2. The van der Waals surface area contributed by atoms with Crippen molar-refractivity contribution in [1.82, 2.24) is 0 Å². The molecule has 0 aliphatic heterocycles. The maximum absolute atomic E-state index is 9.54. The van der Waals surface area contributed by atoms with Gasteiger partial charge in [-0.05, 0) is 17.7 Å². The lowest BCUT2D eigenvalue weighted by Gasteiger charge is -2.03. The molecule has 1 aromatic carbocycles. The average Bonchev–Trinajstić information content (AvgIpc) is 2.29. The molecule has 0 aliphatic rings. The molecule has 0 spiro atoms. The van der Waals surface area contributed by atoms with E-state index in [1.165, 1.54) is 24.5 Å². The van der Waals surface area contributed by atoms with Gasteiger partial charge in [0.1, 0.15) is 17.6 Å². The molecule has 1 rings (SSSR count). The minimum Gasteiger partial charge on any atom is -0.507 e. The van der Waals surface area contributed by atoms with Gasteiger partial charge < -0.3 is 16.6 Å². The van der Waals surface area contributed by atoms with Crippen LogP contribution in [-0.4, -0.2) is 11.3 Å². The summed E-state index contributed by atoms with van der Waals surface area (Å²) in [5.74, 6) is 0.0477. The Kier molecular flexibility index (Phi) is 3.90. The van der Waals surface area contributed by atoms with Crippen LogP contribution in [0.25, 0.3) is 5.57 Å². The average molecular weight is 228 g/mol. The fraction of sp³-hybridized carbons (Fsp3) is 0. The highest BCUT2D eigenvalue weighted by atomic mass is 16.3. The van der Waals surface area contributed by atoms with Gasteiger partial charge >= 0.3 is 0 Å². The minimum atomic E-state index is -0.107. The quantitative estimate of drug-likeness (QED) is 0.672. The maximum Gasteiger partial charge on any atom is 0.133 e. The normalized spacial score (nSPS) is 11.4. The largest absolute Gasteiger partial charge is 0.507 e. The monoisotopic (exact) mass is 228 g/mol. The van der Waals surface area contributed by atoms with Gasteiger partial charge in [0.25, 0.3) is 0 Å². The first-order valence-electron chi connectivity index (χ1n) is 4.72. The van der Waals surface area contributed by atoms with Crippen LogP contribution in [0, 0.1) is 11.3 Å². The summed E-state index contributed by atoms with van der Waals surface area (Å²) < 4.78 is 0. The molecule has 0 saturated heterocycles. The zero-order chi connectivity index (χ0) is 12.8. The SMILES string of the molecule is C=C(N)/N=C\C(=C/N)c1ccc(C#N)c(O)c1. The smallest absolute Gasteiger partial charge is 0.133 e. The first-order valence-corrected chi connectivity index (χ1v) is 4.72. The molecule has 0 unspecified atom stereocenters. The molecule has 0 aliphatic carbocycles. The summed E-state index contributed by atoms with van der Waals surface area (Å²) in [4.78, 5) is 3.81. The number of aliphatic imine (C=N–C) groups is 1. The predicted molar refractivity (Wildman–Crippen MR) is 66.8 cm³/mol. The Bertz CT molecular complexity index is 538. The molecule has 0 radical (unpaired) electrons. The van der Waals surface area contributed by atoms with Crippen LogP contribution in [-0.2, 0) is 0 Å². The number of nitriles is 1.